The zero-order valence-corrected chi connectivity index (χ0v) is 17.2. The Balaban J connectivity index is 1.68. The van der Waals surface area contributed by atoms with Crippen LogP contribution in [0.4, 0.5) is 0 Å². The number of rotatable bonds is 19. The highest BCUT2D eigenvalue weighted by atomic mass is 16.9. The second-order valence-electron chi connectivity index (χ2n) is 7.50. The van der Waals surface area contributed by atoms with Gasteiger partial charge in [-0.05, 0) is 6.42 Å². The topological polar surface area (TPSA) is 53.7 Å². The van der Waals surface area contributed by atoms with E-state index in [-0.39, 0.29) is 0 Å². The molecule has 154 valence electrons. The molecule has 0 aromatic carbocycles. The fraction of sp³-hybridized carbons (Fsp3) is 0.909. The smallest absolute Gasteiger partial charge is 0.360 e. The van der Waals surface area contributed by atoms with Gasteiger partial charge in [0.2, 0.25) is 0 Å². The molecule has 0 bridgehead atoms. The van der Waals surface area contributed by atoms with E-state index in [1.165, 1.54) is 103 Å². The summed E-state index contributed by atoms with van der Waals surface area (Å²) < 4.78 is 16.0. The van der Waals surface area contributed by atoms with Gasteiger partial charge < -0.3 is 19.9 Å². The van der Waals surface area contributed by atoms with Crippen LogP contribution in [0.5, 0.6) is 0 Å². The first-order valence-corrected chi connectivity index (χ1v) is 11.2. The van der Waals surface area contributed by atoms with E-state index < -0.39 is 6.48 Å². The number of unbranched alkanes of at least 4 members (excludes halogenated alkanes) is 15. The van der Waals surface area contributed by atoms with Crippen molar-refractivity contribution in [2.45, 2.75) is 116 Å². The molecule has 0 aromatic heterocycles. The number of nitrogens with two attached hydrogens (primary N) is 1. The van der Waals surface area contributed by atoms with Crippen molar-refractivity contribution in [3.05, 3.63) is 12.0 Å². The fourth-order valence-corrected chi connectivity index (χ4v) is 3.31. The number of hydrogen-bond acceptors (Lipinski definition) is 4. The first-order chi connectivity index (χ1) is 12.9. The molecule has 1 rings (SSSR count). The van der Waals surface area contributed by atoms with Gasteiger partial charge >= 0.3 is 6.48 Å². The Hall–Kier alpha value is -0.740. The van der Waals surface area contributed by atoms with E-state index in [4.69, 9.17) is 19.9 Å². The van der Waals surface area contributed by atoms with Gasteiger partial charge in [0.25, 0.3) is 0 Å². The van der Waals surface area contributed by atoms with Gasteiger partial charge in [-0.25, -0.2) is 0 Å². The molecular formula is C22H43NO3. The average Bonchev–Trinajstić information content (AvgIpc) is 3.12. The second kappa shape index (κ2) is 17.7. The summed E-state index contributed by atoms with van der Waals surface area (Å²) in [4.78, 5) is 0. The van der Waals surface area contributed by atoms with Gasteiger partial charge in [-0.3, -0.25) is 0 Å². The molecule has 1 aliphatic rings. The van der Waals surface area contributed by atoms with Gasteiger partial charge in [-0.15, -0.1) is 0 Å². The Morgan fingerprint density at radius 2 is 1.23 bits per heavy atom. The minimum Gasteiger partial charge on any atom is -0.437 e. The summed E-state index contributed by atoms with van der Waals surface area (Å²) in [7, 11) is 0. The van der Waals surface area contributed by atoms with E-state index in [1.807, 2.05) is 0 Å². The van der Waals surface area contributed by atoms with Gasteiger partial charge in [0, 0.05) is 0 Å². The third-order valence-electron chi connectivity index (χ3n) is 5.01. The van der Waals surface area contributed by atoms with Crippen molar-refractivity contribution in [3.63, 3.8) is 0 Å². The van der Waals surface area contributed by atoms with Gasteiger partial charge in [0.1, 0.15) is 6.26 Å². The van der Waals surface area contributed by atoms with Crippen molar-refractivity contribution in [3.8, 4) is 0 Å². The predicted octanol–water partition coefficient (Wildman–Crippen LogP) is 6.40. The maximum absolute atomic E-state index is 5.50. The summed E-state index contributed by atoms with van der Waals surface area (Å²) in [6, 6.07) is 0. The van der Waals surface area contributed by atoms with Crippen LogP contribution in [0.15, 0.2) is 12.0 Å². The molecule has 1 aliphatic heterocycles. The van der Waals surface area contributed by atoms with E-state index in [9.17, 15) is 0 Å². The van der Waals surface area contributed by atoms with Crippen LogP contribution in [0.25, 0.3) is 0 Å². The van der Waals surface area contributed by atoms with Crippen LogP contribution < -0.4 is 5.73 Å². The maximum Gasteiger partial charge on any atom is 0.360 e. The van der Waals surface area contributed by atoms with Crippen molar-refractivity contribution < 1.29 is 14.2 Å². The molecule has 0 spiro atoms. The number of ether oxygens (including phenoxy) is 3. The molecule has 1 unspecified atom stereocenters. The van der Waals surface area contributed by atoms with Crippen LogP contribution in [-0.2, 0) is 14.2 Å². The summed E-state index contributed by atoms with van der Waals surface area (Å²) in [5, 5.41) is 0. The fourth-order valence-electron chi connectivity index (χ4n) is 3.31. The van der Waals surface area contributed by atoms with Crippen LogP contribution >= 0.6 is 0 Å². The van der Waals surface area contributed by atoms with E-state index >= 15 is 0 Å². The third kappa shape index (κ3) is 13.5. The standard InChI is InChI=1S/C22H43NO3/c1-2-3-4-5-6-7-8-9-10-11-12-13-14-15-16-17-18-24-22-25-20-21(19-23)26-22/h20,22H,2-19,23H2,1H3. The molecule has 2 N–H and O–H groups in total. The van der Waals surface area contributed by atoms with Crippen molar-refractivity contribution in [2.75, 3.05) is 13.2 Å². The molecule has 0 aromatic rings. The summed E-state index contributed by atoms with van der Waals surface area (Å²) in [6.07, 6.45) is 23.6. The van der Waals surface area contributed by atoms with Crippen LogP contribution in [0.2, 0.25) is 0 Å². The molecule has 0 amide bonds. The minimum atomic E-state index is -0.579. The van der Waals surface area contributed by atoms with Crippen LogP contribution in [0.3, 0.4) is 0 Å². The van der Waals surface area contributed by atoms with Gasteiger partial charge in [-0.2, -0.15) is 0 Å². The average molecular weight is 370 g/mol. The van der Waals surface area contributed by atoms with Crippen LogP contribution in [-0.4, -0.2) is 19.6 Å². The van der Waals surface area contributed by atoms with Crippen molar-refractivity contribution >= 4 is 0 Å². The Morgan fingerprint density at radius 1 is 0.769 bits per heavy atom. The summed E-state index contributed by atoms with van der Waals surface area (Å²) >= 11 is 0. The molecule has 26 heavy (non-hydrogen) atoms. The van der Waals surface area contributed by atoms with Crippen molar-refractivity contribution in [1.82, 2.24) is 0 Å². The first-order valence-electron chi connectivity index (χ1n) is 11.2. The van der Waals surface area contributed by atoms with Crippen LogP contribution in [0, 0.1) is 0 Å². The third-order valence-corrected chi connectivity index (χ3v) is 5.01. The van der Waals surface area contributed by atoms with Gasteiger partial charge in [0.15, 0.2) is 5.76 Å². The molecule has 0 saturated carbocycles. The van der Waals surface area contributed by atoms with Gasteiger partial charge in [-0.1, -0.05) is 103 Å². The Kier molecular flexibility index (Phi) is 15.8. The quantitative estimate of drug-likeness (QED) is 0.268. The van der Waals surface area contributed by atoms with E-state index in [1.54, 1.807) is 0 Å². The zero-order valence-electron chi connectivity index (χ0n) is 17.2. The molecule has 1 heterocycles. The monoisotopic (exact) mass is 369 g/mol. The lowest BCUT2D eigenvalue weighted by atomic mass is 10.0. The van der Waals surface area contributed by atoms with Crippen LogP contribution in [0.1, 0.15) is 110 Å². The number of hydrogen-bond donors (Lipinski definition) is 1. The molecule has 0 aliphatic carbocycles. The summed E-state index contributed by atoms with van der Waals surface area (Å²) in [6.45, 7) is 2.75. The Bertz CT molecular complexity index is 333. The predicted molar refractivity (Wildman–Crippen MR) is 109 cm³/mol. The van der Waals surface area contributed by atoms with Crippen molar-refractivity contribution in [2.24, 2.45) is 5.73 Å². The van der Waals surface area contributed by atoms with E-state index in [0.717, 1.165) is 6.42 Å². The molecule has 1 atom stereocenters. The maximum atomic E-state index is 5.50. The Morgan fingerprint density at radius 3 is 1.65 bits per heavy atom. The zero-order chi connectivity index (χ0) is 18.7. The highest BCUT2D eigenvalue weighted by Gasteiger charge is 2.18. The lowest BCUT2D eigenvalue weighted by Crippen LogP contribution is -2.16. The SMILES string of the molecule is CCCCCCCCCCCCCCCCCCOC1OC=C(CN)O1. The molecule has 0 fully saturated rings. The molecule has 0 saturated heterocycles. The normalized spacial score (nSPS) is 16.4. The molecular weight excluding hydrogens is 326 g/mol. The summed E-state index contributed by atoms with van der Waals surface area (Å²) in [5.74, 6) is 0.655. The molecule has 4 nitrogen and oxygen atoms in total. The lowest BCUT2D eigenvalue weighted by molar-refractivity contribution is -0.223. The molecule has 0 radical (unpaired) electrons. The second-order valence-corrected chi connectivity index (χ2v) is 7.50. The van der Waals surface area contributed by atoms with Crippen molar-refractivity contribution in [1.29, 1.82) is 0 Å². The van der Waals surface area contributed by atoms with E-state index in [2.05, 4.69) is 6.92 Å². The van der Waals surface area contributed by atoms with E-state index in [0.29, 0.717) is 18.9 Å². The summed E-state index contributed by atoms with van der Waals surface area (Å²) in [5.41, 5.74) is 5.46. The lowest BCUT2D eigenvalue weighted by Gasteiger charge is -2.11. The highest BCUT2D eigenvalue weighted by molar-refractivity contribution is 4.92. The largest absolute Gasteiger partial charge is 0.437 e. The molecule has 4 heteroatoms. The first kappa shape index (κ1) is 23.3. The Labute approximate surface area is 161 Å². The minimum absolute atomic E-state index is 0.360. The highest BCUT2D eigenvalue weighted by Crippen LogP contribution is 2.16. The van der Waals surface area contributed by atoms with Gasteiger partial charge in [0.05, 0.1) is 13.2 Å².